The van der Waals surface area contributed by atoms with E-state index >= 15 is 0 Å². The number of ketones is 1. The van der Waals surface area contributed by atoms with Crippen LogP contribution in [0.1, 0.15) is 36.8 Å². The van der Waals surface area contributed by atoms with Crippen molar-refractivity contribution in [1.82, 2.24) is 0 Å². The van der Waals surface area contributed by atoms with E-state index in [2.05, 4.69) is 0 Å². The van der Waals surface area contributed by atoms with Gasteiger partial charge in [-0.05, 0) is 54.8 Å². The van der Waals surface area contributed by atoms with E-state index in [4.69, 9.17) is 9.15 Å². The second-order valence-electron chi connectivity index (χ2n) is 8.26. The summed E-state index contributed by atoms with van der Waals surface area (Å²) in [6, 6.07) is 16.7. The van der Waals surface area contributed by atoms with Crippen molar-refractivity contribution in [2.45, 2.75) is 26.8 Å². The van der Waals surface area contributed by atoms with Gasteiger partial charge < -0.3 is 14.3 Å². The molecule has 6 nitrogen and oxygen atoms in total. The topological polar surface area (TPSA) is 80.0 Å². The Bertz CT molecular complexity index is 1180. The smallest absolute Gasteiger partial charge is 0.300 e. The molecule has 1 N–H and O–H groups in total. The fourth-order valence-corrected chi connectivity index (χ4v) is 3.74. The molecule has 0 radical (unpaired) electrons. The number of hydrogen-bond acceptors (Lipinski definition) is 5. The molecule has 0 aliphatic carbocycles. The summed E-state index contributed by atoms with van der Waals surface area (Å²) in [6.45, 7) is 6.51. The zero-order chi connectivity index (χ0) is 22.8. The maximum Gasteiger partial charge on any atom is 0.300 e. The van der Waals surface area contributed by atoms with E-state index in [9.17, 15) is 14.7 Å². The number of nitrogens with zero attached hydrogens (tertiary/aromatic N) is 1. The quantitative estimate of drug-likeness (QED) is 0.328. The lowest BCUT2D eigenvalue weighted by Crippen LogP contribution is -2.29. The van der Waals surface area contributed by atoms with Crippen LogP contribution in [-0.4, -0.2) is 23.4 Å². The molecule has 0 saturated carbocycles. The van der Waals surface area contributed by atoms with E-state index in [0.717, 1.165) is 5.56 Å². The molecule has 0 spiro atoms. The number of benzene rings is 2. The lowest BCUT2D eigenvalue weighted by molar-refractivity contribution is -0.132. The molecule has 1 atom stereocenters. The molecule has 3 aromatic rings. The first-order chi connectivity index (χ1) is 15.4. The summed E-state index contributed by atoms with van der Waals surface area (Å²) < 4.78 is 11.3. The van der Waals surface area contributed by atoms with Crippen LogP contribution in [0.4, 0.5) is 5.69 Å². The number of carbonyl (C=O) groups is 2. The van der Waals surface area contributed by atoms with Crippen molar-refractivity contribution in [2.75, 3.05) is 11.5 Å². The van der Waals surface area contributed by atoms with Gasteiger partial charge in [-0.25, -0.2) is 0 Å². The Balaban J connectivity index is 1.83. The Labute approximate surface area is 186 Å². The van der Waals surface area contributed by atoms with Gasteiger partial charge in [0.05, 0.1) is 18.4 Å². The fourth-order valence-electron chi connectivity index (χ4n) is 3.74. The SMILES string of the molecule is Cc1cccc(N2C(=O)C(=O)/C(=C(\O)c3cccc(OCC(C)C)c3)C2c2ccco2)c1. The highest BCUT2D eigenvalue weighted by atomic mass is 16.5. The number of hydrogen-bond donors (Lipinski definition) is 1. The van der Waals surface area contributed by atoms with Gasteiger partial charge >= 0.3 is 0 Å². The Morgan fingerprint density at radius 3 is 2.56 bits per heavy atom. The van der Waals surface area contributed by atoms with Gasteiger partial charge in [0.15, 0.2) is 0 Å². The number of ether oxygens (including phenoxy) is 1. The summed E-state index contributed by atoms with van der Waals surface area (Å²) >= 11 is 0. The summed E-state index contributed by atoms with van der Waals surface area (Å²) in [5.41, 5.74) is 1.87. The highest BCUT2D eigenvalue weighted by Crippen LogP contribution is 2.42. The number of anilines is 1. The minimum atomic E-state index is -0.882. The van der Waals surface area contributed by atoms with Gasteiger partial charge in [0.1, 0.15) is 23.3 Å². The molecule has 1 fully saturated rings. The number of rotatable bonds is 6. The fraction of sp³-hybridized carbons (Fsp3) is 0.231. The van der Waals surface area contributed by atoms with E-state index in [1.807, 2.05) is 39.0 Å². The Kier molecular flexibility index (Phi) is 5.86. The number of aliphatic hydroxyl groups is 1. The van der Waals surface area contributed by atoms with Crippen molar-refractivity contribution < 1.29 is 23.8 Å². The number of aryl methyl sites for hydroxylation is 1. The molecule has 0 bridgehead atoms. The normalized spacial score (nSPS) is 17.9. The van der Waals surface area contributed by atoms with E-state index < -0.39 is 17.7 Å². The molecule has 4 rings (SSSR count). The number of amides is 1. The summed E-state index contributed by atoms with van der Waals surface area (Å²) in [5.74, 6) is -0.449. The largest absolute Gasteiger partial charge is 0.507 e. The first-order valence-electron chi connectivity index (χ1n) is 10.5. The Morgan fingerprint density at radius 2 is 1.88 bits per heavy atom. The average Bonchev–Trinajstić information content (AvgIpc) is 3.39. The Hall–Kier alpha value is -3.80. The van der Waals surface area contributed by atoms with Crippen LogP contribution in [0.3, 0.4) is 0 Å². The maximum atomic E-state index is 13.1. The molecule has 1 saturated heterocycles. The van der Waals surface area contributed by atoms with E-state index in [-0.39, 0.29) is 11.3 Å². The summed E-state index contributed by atoms with van der Waals surface area (Å²) in [5, 5.41) is 11.2. The first kappa shape index (κ1) is 21.4. The van der Waals surface area contributed by atoms with Gasteiger partial charge in [0, 0.05) is 11.3 Å². The van der Waals surface area contributed by atoms with Crippen molar-refractivity contribution in [3.63, 3.8) is 0 Å². The predicted octanol–water partition coefficient (Wildman–Crippen LogP) is 5.25. The lowest BCUT2D eigenvalue weighted by Gasteiger charge is -2.23. The third-order valence-electron chi connectivity index (χ3n) is 5.23. The lowest BCUT2D eigenvalue weighted by atomic mass is 9.99. The van der Waals surface area contributed by atoms with Crippen LogP contribution in [0.2, 0.25) is 0 Å². The van der Waals surface area contributed by atoms with Crippen molar-refractivity contribution >= 4 is 23.1 Å². The van der Waals surface area contributed by atoms with Gasteiger partial charge in [0.25, 0.3) is 11.7 Å². The van der Waals surface area contributed by atoms with Crippen LogP contribution in [0.25, 0.3) is 5.76 Å². The minimum absolute atomic E-state index is 0.0209. The molecular weight excluding hydrogens is 406 g/mol. The number of aliphatic hydroxyl groups excluding tert-OH is 1. The maximum absolute atomic E-state index is 13.1. The zero-order valence-electron chi connectivity index (χ0n) is 18.2. The third-order valence-corrected chi connectivity index (χ3v) is 5.23. The van der Waals surface area contributed by atoms with Gasteiger partial charge in [0.2, 0.25) is 0 Å². The van der Waals surface area contributed by atoms with E-state index in [1.165, 1.54) is 11.2 Å². The molecule has 1 unspecified atom stereocenters. The van der Waals surface area contributed by atoms with Gasteiger partial charge in [-0.2, -0.15) is 0 Å². The molecule has 32 heavy (non-hydrogen) atoms. The molecule has 2 heterocycles. The highest BCUT2D eigenvalue weighted by molar-refractivity contribution is 6.51. The van der Waals surface area contributed by atoms with Crippen molar-refractivity contribution in [1.29, 1.82) is 0 Å². The summed E-state index contributed by atoms with van der Waals surface area (Å²) in [4.78, 5) is 27.6. The minimum Gasteiger partial charge on any atom is -0.507 e. The predicted molar refractivity (Wildman–Crippen MR) is 121 cm³/mol. The van der Waals surface area contributed by atoms with Crippen molar-refractivity contribution in [2.24, 2.45) is 5.92 Å². The third kappa shape index (κ3) is 4.04. The molecule has 6 heteroatoms. The van der Waals surface area contributed by atoms with Crippen LogP contribution in [0.15, 0.2) is 76.9 Å². The molecule has 1 amide bonds. The van der Waals surface area contributed by atoms with Gasteiger partial charge in [-0.3, -0.25) is 14.5 Å². The van der Waals surface area contributed by atoms with Crippen LogP contribution < -0.4 is 9.64 Å². The number of furan rings is 1. The molecule has 1 aliphatic rings. The number of carbonyl (C=O) groups excluding carboxylic acids is 2. The number of Topliss-reactive ketones (excluding diaryl/α,β-unsaturated/α-hetero) is 1. The Morgan fingerprint density at radius 1 is 1.09 bits per heavy atom. The molecule has 1 aromatic heterocycles. The molecular formula is C26H25NO5. The van der Waals surface area contributed by atoms with Crippen molar-refractivity contribution in [3.05, 3.63) is 89.4 Å². The summed E-state index contributed by atoms with van der Waals surface area (Å²) in [7, 11) is 0. The first-order valence-corrected chi connectivity index (χ1v) is 10.5. The molecule has 164 valence electrons. The molecule has 1 aliphatic heterocycles. The standard InChI is InChI=1S/C26H25NO5/c1-16(2)15-32-20-10-5-8-18(14-20)24(28)22-23(21-11-6-12-31-21)27(26(30)25(22)29)19-9-4-7-17(3)13-19/h4-14,16,23,28H,15H2,1-3H3/b24-22-. The van der Waals surface area contributed by atoms with Crippen LogP contribution in [0.5, 0.6) is 5.75 Å². The highest BCUT2D eigenvalue weighted by Gasteiger charge is 2.48. The van der Waals surface area contributed by atoms with Crippen LogP contribution in [-0.2, 0) is 9.59 Å². The second-order valence-corrected chi connectivity index (χ2v) is 8.26. The summed E-state index contributed by atoms with van der Waals surface area (Å²) in [6.07, 6.45) is 1.48. The second kappa shape index (κ2) is 8.75. The van der Waals surface area contributed by atoms with Gasteiger partial charge in [-0.15, -0.1) is 0 Å². The van der Waals surface area contributed by atoms with Gasteiger partial charge in [-0.1, -0.05) is 38.1 Å². The van der Waals surface area contributed by atoms with Crippen molar-refractivity contribution in [3.8, 4) is 5.75 Å². The zero-order valence-corrected chi connectivity index (χ0v) is 18.2. The van der Waals surface area contributed by atoms with E-state index in [0.29, 0.717) is 35.3 Å². The van der Waals surface area contributed by atoms with E-state index in [1.54, 1.807) is 42.5 Å². The van der Waals surface area contributed by atoms with Crippen LogP contribution >= 0.6 is 0 Å². The molecule has 2 aromatic carbocycles. The monoisotopic (exact) mass is 431 g/mol. The average molecular weight is 431 g/mol. The van der Waals surface area contributed by atoms with Crippen LogP contribution in [0, 0.1) is 12.8 Å².